The number of nitrogens with one attached hydrogen (secondary N) is 1. The highest BCUT2D eigenvalue weighted by atomic mass is 32.2. The number of sulfonamides is 1. The van der Waals surface area contributed by atoms with Crippen LogP contribution in [0, 0.1) is 0 Å². The van der Waals surface area contributed by atoms with Gasteiger partial charge in [0, 0.05) is 56.4 Å². The van der Waals surface area contributed by atoms with E-state index >= 15 is 0 Å². The molecule has 0 atom stereocenters. The molecule has 9 heteroatoms. The molecule has 4 rings (SSSR count). The highest BCUT2D eigenvalue weighted by Gasteiger charge is 2.19. The van der Waals surface area contributed by atoms with Gasteiger partial charge in [-0.2, -0.15) is 0 Å². The number of ether oxygens (including phenoxy) is 1. The summed E-state index contributed by atoms with van der Waals surface area (Å²) in [6, 6.07) is 18.5. The highest BCUT2D eigenvalue weighted by molar-refractivity contribution is 7.92. The van der Waals surface area contributed by atoms with E-state index in [1.807, 2.05) is 17.0 Å². The maximum Gasteiger partial charge on any atom is 0.261 e. The van der Waals surface area contributed by atoms with Crippen molar-refractivity contribution in [2.24, 2.45) is 0 Å². The van der Waals surface area contributed by atoms with E-state index < -0.39 is 10.0 Å². The van der Waals surface area contributed by atoms with Gasteiger partial charge in [-0.15, -0.1) is 0 Å². The predicted octanol–water partition coefficient (Wildman–Crippen LogP) is 3.25. The first kappa shape index (κ1) is 24.8. The number of aromatic nitrogens is 1. The Kier molecular flexibility index (Phi) is 8.46. The summed E-state index contributed by atoms with van der Waals surface area (Å²) in [5.41, 5.74) is 1.92. The third-order valence-corrected chi connectivity index (χ3v) is 7.25. The molecule has 0 spiro atoms. The van der Waals surface area contributed by atoms with Gasteiger partial charge in [-0.25, -0.2) is 8.42 Å². The smallest absolute Gasteiger partial charge is 0.261 e. The first-order valence-electron chi connectivity index (χ1n) is 11.7. The fourth-order valence-corrected chi connectivity index (χ4v) is 5.03. The van der Waals surface area contributed by atoms with Crippen molar-refractivity contribution in [2.75, 3.05) is 44.1 Å². The molecule has 0 saturated carbocycles. The second kappa shape index (κ2) is 11.9. The van der Waals surface area contributed by atoms with Crippen LogP contribution in [-0.2, 0) is 21.3 Å². The molecule has 1 N–H and O–H groups in total. The number of nitrogens with zero attached hydrogens (tertiary/aromatic N) is 3. The summed E-state index contributed by atoms with van der Waals surface area (Å²) in [5.74, 6) is -0.0961. The summed E-state index contributed by atoms with van der Waals surface area (Å²) in [6.45, 7) is 5.33. The van der Waals surface area contributed by atoms with Crippen LogP contribution in [0.25, 0.3) is 0 Å². The molecule has 1 aromatic heterocycles. The molecule has 1 fully saturated rings. The Morgan fingerprint density at radius 3 is 2.34 bits per heavy atom. The highest BCUT2D eigenvalue weighted by Crippen LogP contribution is 2.18. The van der Waals surface area contributed by atoms with Gasteiger partial charge in [0.15, 0.2) is 0 Å². The quantitative estimate of drug-likeness (QED) is 0.465. The van der Waals surface area contributed by atoms with Gasteiger partial charge in [0.25, 0.3) is 15.9 Å². The molecule has 184 valence electrons. The average Bonchev–Trinajstić information content (AvgIpc) is 2.90. The molecule has 8 nitrogen and oxygen atoms in total. The van der Waals surface area contributed by atoms with Crippen LogP contribution >= 0.6 is 0 Å². The van der Waals surface area contributed by atoms with Crippen molar-refractivity contribution in [3.8, 4) is 0 Å². The van der Waals surface area contributed by atoms with Crippen molar-refractivity contribution in [2.45, 2.75) is 17.9 Å². The van der Waals surface area contributed by atoms with Crippen molar-refractivity contribution in [1.29, 1.82) is 0 Å². The molecule has 1 aliphatic heterocycles. The predicted molar refractivity (Wildman–Crippen MR) is 135 cm³/mol. The van der Waals surface area contributed by atoms with E-state index in [9.17, 15) is 13.2 Å². The van der Waals surface area contributed by atoms with E-state index in [1.54, 1.807) is 54.9 Å². The standard InChI is InChI=1S/C26H30N4O4S/c31-26(23-7-9-24(10-8-23)28-35(32,33)25-5-2-1-3-6-25)30(21-22-11-13-27-14-12-22)16-4-15-29-17-19-34-20-18-29/h1-3,5-14,28H,4,15-21H2. The number of carbonyl (C=O) groups is 1. The lowest BCUT2D eigenvalue weighted by molar-refractivity contribution is 0.0355. The Bertz CT molecular complexity index is 1180. The number of pyridine rings is 1. The molecular formula is C26H30N4O4S. The normalized spacial score (nSPS) is 14.4. The fraction of sp³-hybridized carbons (Fsp3) is 0.308. The summed E-state index contributed by atoms with van der Waals surface area (Å²) in [5, 5.41) is 0. The van der Waals surface area contributed by atoms with Crippen LogP contribution in [0.15, 0.2) is 84.0 Å². The SMILES string of the molecule is O=C(c1ccc(NS(=O)(=O)c2ccccc2)cc1)N(CCCN1CCOCC1)Cc1ccncc1. The Morgan fingerprint density at radius 2 is 1.66 bits per heavy atom. The summed E-state index contributed by atoms with van der Waals surface area (Å²) in [4.78, 5) is 21.8. The van der Waals surface area contributed by atoms with Gasteiger partial charge < -0.3 is 9.64 Å². The molecule has 35 heavy (non-hydrogen) atoms. The molecule has 2 heterocycles. The first-order chi connectivity index (χ1) is 17.0. The summed E-state index contributed by atoms with van der Waals surface area (Å²) in [6.07, 6.45) is 4.30. The molecule has 0 aliphatic carbocycles. The first-order valence-corrected chi connectivity index (χ1v) is 13.2. The van der Waals surface area contributed by atoms with Crippen LogP contribution in [0.1, 0.15) is 22.3 Å². The Balaban J connectivity index is 1.43. The summed E-state index contributed by atoms with van der Waals surface area (Å²) in [7, 11) is -3.69. The minimum absolute atomic E-state index is 0.0961. The molecule has 0 bridgehead atoms. The van der Waals surface area contributed by atoms with E-state index in [-0.39, 0.29) is 10.8 Å². The zero-order valence-electron chi connectivity index (χ0n) is 19.5. The topological polar surface area (TPSA) is 91.8 Å². The monoisotopic (exact) mass is 494 g/mol. The van der Waals surface area contributed by atoms with E-state index in [4.69, 9.17) is 4.74 Å². The maximum absolute atomic E-state index is 13.4. The number of hydrogen-bond acceptors (Lipinski definition) is 6. The van der Waals surface area contributed by atoms with Crippen LogP contribution in [0.4, 0.5) is 5.69 Å². The van der Waals surface area contributed by atoms with E-state index in [0.29, 0.717) is 24.3 Å². The molecule has 0 unspecified atom stereocenters. The van der Waals surface area contributed by atoms with Crippen molar-refractivity contribution in [1.82, 2.24) is 14.8 Å². The van der Waals surface area contributed by atoms with Gasteiger partial charge in [-0.3, -0.25) is 19.4 Å². The number of morpholine rings is 1. The second-order valence-electron chi connectivity index (χ2n) is 8.39. The zero-order valence-corrected chi connectivity index (χ0v) is 20.4. The van der Waals surface area contributed by atoms with Gasteiger partial charge in [0.2, 0.25) is 0 Å². The lowest BCUT2D eigenvalue weighted by Crippen LogP contribution is -2.39. The van der Waals surface area contributed by atoms with Crippen LogP contribution in [0.2, 0.25) is 0 Å². The largest absolute Gasteiger partial charge is 0.379 e. The van der Waals surface area contributed by atoms with Crippen molar-refractivity contribution < 1.29 is 17.9 Å². The number of carbonyl (C=O) groups excluding carboxylic acids is 1. The van der Waals surface area contributed by atoms with Crippen molar-refractivity contribution in [3.63, 3.8) is 0 Å². The van der Waals surface area contributed by atoms with Gasteiger partial charge >= 0.3 is 0 Å². The molecule has 1 aliphatic rings. The number of hydrogen-bond donors (Lipinski definition) is 1. The van der Waals surface area contributed by atoms with Gasteiger partial charge in [-0.05, 0) is 60.5 Å². The molecule has 3 aromatic rings. The third kappa shape index (κ3) is 7.11. The molecule has 0 radical (unpaired) electrons. The lowest BCUT2D eigenvalue weighted by Gasteiger charge is -2.28. The summed E-state index contributed by atoms with van der Waals surface area (Å²) < 4.78 is 33.1. The van der Waals surface area contributed by atoms with Crippen LogP contribution in [0.5, 0.6) is 0 Å². The van der Waals surface area contributed by atoms with E-state index in [1.165, 1.54) is 12.1 Å². The number of benzene rings is 2. The minimum atomic E-state index is -3.69. The fourth-order valence-electron chi connectivity index (χ4n) is 3.95. The molecular weight excluding hydrogens is 464 g/mol. The maximum atomic E-state index is 13.4. The van der Waals surface area contributed by atoms with E-state index in [2.05, 4.69) is 14.6 Å². The van der Waals surface area contributed by atoms with E-state index in [0.717, 1.165) is 44.8 Å². The third-order valence-electron chi connectivity index (χ3n) is 5.85. The number of amides is 1. The molecule has 1 amide bonds. The average molecular weight is 495 g/mol. The van der Waals surface area contributed by atoms with Gasteiger partial charge in [0.1, 0.15) is 0 Å². The Hall–Kier alpha value is -3.27. The summed E-state index contributed by atoms with van der Waals surface area (Å²) >= 11 is 0. The number of anilines is 1. The zero-order chi connectivity index (χ0) is 24.5. The molecule has 1 saturated heterocycles. The minimum Gasteiger partial charge on any atom is -0.379 e. The van der Waals surface area contributed by atoms with Crippen molar-refractivity contribution >= 4 is 21.6 Å². The van der Waals surface area contributed by atoms with Gasteiger partial charge in [0.05, 0.1) is 18.1 Å². The number of rotatable bonds is 10. The lowest BCUT2D eigenvalue weighted by atomic mass is 10.1. The Labute approximate surface area is 206 Å². The van der Waals surface area contributed by atoms with Crippen LogP contribution < -0.4 is 4.72 Å². The van der Waals surface area contributed by atoms with Crippen molar-refractivity contribution in [3.05, 3.63) is 90.3 Å². The Morgan fingerprint density at radius 1 is 0.971 bits per heavy atom. The second-order valence-corrected chi connectivity index (χ2v) is 10.1. The van der Waals surface area contributed by atoms with Crippen LogP contribution in [0.3, 0.4) is 0 Å². The van der Waals surface area contributed by atoms with Crippen LogP contribution in [-0.4, -0.2) is 68.5 Å². The van der Waals surface area contributed by atoms with Gasteiger partial charge in [-0.1, -0.05) is 18.2 Å². The molecule has 2 aromatic carbocycles.